The number of rotatable bonds is 2. The van der Waals surface area contributed by atoms with Crippen molar-refractivity contribution in [2.24, 2.45) is 11.3 Å². The van der Waals surface area contributed by atoms with Gasteiger partial charge in [0.05, 0.1) is 5.41 Å². The minimum Gasteiger partial charge on any atom is -0.461 e. The molecule has 2 saturated carbocycles. The Balaban J connectivity index is 1.91. The van der Waals surface area contributed by atoms with E-state index in [1.54, 1.807) is 0 Å². The molecule has 0 N–H and O–H groups in total. The van der Waals surface area contributed by atoms with Crippen molar-refractivity contribution in [1.82, 2.24) is 0 Å². The van der Waals surface area contributed by atoms with Gasteiger partial charge < -0.3 is 9.47 Å². The van der Waals surface area contributed by atoms with E-state index in [2.05, 4.69) is 6.58 Å². The van der Waals surface area contributed by atoms with Gasteiger partial charge in [0.2, 0.25) is 0 Å². The maximum Gasteiger partial charge on any atom is 0.330 e. The molecule has 16 heavy (non-hydrogen) atoms. The SMILES string of the molecule is C=CC(=O)OC12CC3OC(=O)C(C)(C1)C3C2. The molecule has 2 aliphatic carbocycles. The van der Waals surface area contributed by atoms with Crippen LogP contribution in [0.2, 0.25) is 0 Å². The van der Waals surface area contributed by atoms with E-state index in [1.807, 2.05) is 6.92 Å². The largest absolute Gasteiger partial charge is 0.461 e. The number of hydrogen-bond acceptors (Lipinski definition) is 4. The average molecular weight is 222 g/mol. The van der Waals surface area contributed by atoms with E-state index >= 15 is 0 Å². The van der Waals surface area contributed by atoms with Crippen molar-refractivity contribution in [1.29, 1.82) is 0 Å². The van der Waals surface area contributed by atoms with Crippen LogP contribution in [0, 0.1) is 11.3 Å². The molecule has 0 spiro atoms. The van der Waals surface area contributed by atoms with E-state index in [4.69, 9.17) is 9.47 Å². The summed E-state index contributed by atoms with van der Waals surface area (Å²) in [5, 5.41) is 0. The highest BCUT2D eigenvalue weighted by molar-refractivity contribution is 5.83. The highest BCUT2D eigenvalue weighted by atomic mass is 16.6. The first-order valence-corrected chi connectivity index (χ1v) is 5.56. The summed E-state index contributed by atoms with van der Waals surface area (Å²) in [5.74, 6) is -0.313. The lowest BCUT2D eigenvalue weighted by Crippen LogP contribution is -2.37. The Bertz CT molecular complexity index is 402. The predicted molar refractivity (Wildman–Crippen MR) is 54.3 cm³/mol. The molecule has 4 atom stereocenters. The van der Waals surface area contributed by atoms with Crippen LogP contribution in [0.5, 0.6) is 0 Å². The third-order valence-corrected chi connectivity index (χ3v) is 4.33. The van der Waals surface area contributed by atoms with Crippen LogP contribution in [0.1, 0.15) is 26.2 Å². The molecule has 4 nitrogen and oxygen atoms in total. The zero-order valence-corrected chi connectivity index (χ0v) is 9.19. The van der Waals surface area contributed by atoms with Crippen LogP contribution in [0.4, 0.5) is 0 Å². The maximum atomic E-state index is 11.7. The standard InChI is InChI=1S/C12H14O4/c1-3-9(13)16-12-4-7-8(5-12)15-10(14)11(7,2)6-12/h3,7-8H,1,4-6H2,2H3. The maximum absolute atomic E-state index is 11.7. The van der Waals surface area contributed by atoms with Crippen molar-refractivity contribution < 1.29 is 19.1 Å². The smallest absolute Gasteiger partial charge is 0.330 e. The van der Waals surface area contributed by atoms with Gasteiger partial charge >= 0.3 is 11.9 Å². The Labute approximate surface area is 93.6 Å². The van der Waals surface area contributed by atoms with Gasteiger partial charge in [-0.15, -0.1) is 0 Å². The summed E-state index contributed by atoms with van der Waals surface area (Å²) in [5.41, 5.74) is -0.925. The molecule has 4 unspecified atom stereocenters. The fraction of sp³-hybridized carbons (Fsp3) is 0.667. The first-order chi connectivity index (χ1) is 7.49. The average Bonchev–Trinajstić information content (AvgIpc) is 2.73. The first-order valence-electron chi connectivity index (χ1n) is 5.56. The van der Waals surface area contributed by atoms with E-state index < -0.39 is 17.0 Å². The summed E-state index contributed by atoms with van der Waals surface area (Å²) in [4.78, 5) is 23.0. The Hall–Kier alpha value is -1.32. The minimum atomic E-state index is -0.485. The molecule has 0 aromatic carbocycles. The summed E-state index contributed by atoms with van der Waals surface area (Å²) in [6.07, 6.45) is 3.12. The molecule has 0 amide bonds. The Kier molecular flexibility index (Phi) is 1.65. The fourth-order valence-electron chi connectivity index (χ4n) is 3.70. The van der Waals surface area contributed by atoms with Crippen LogP contribution >= 0.6 is 0 Å². The molecule has 3 rings (SSSR count). The van der Waals surface area contributed by atoms with E-state index in [9.17, 15) is 9.59 Å². The van der Waals surface area contributed by atoms with Crippen molar-refractivity contribution in [2.45, 2.75) is 37.9 Å². The molecular weight excluding hydrogens is 208 g/mol. The van der Waals surface area contributed by atoms with E-state index in [1.165, 1.54) is 6.08 Å². The molecule has 1 saturated heterocycles. The lowest BCUT2D eigenvalue weighted by atomic mass is 9.75. The van der Waals surface area contributed by atoms with Gasteiger partial charge in [-0.1, -0.05) is 6.58 Å². The van der Waals surface area contributed by atoms with Crippen LogP contribution in [0.25, 0.3) is 0 Å². The van der Waals surface area contributed by atoms with Gasteiger partial charge in [0.1, 0.15) is 11.7 Å². The van der Waals surface area contributed by atoms with Crippen molar-refractivity contribution in [2.75, 3.05) is 0 Å². The van der Waals surface area contributed by atoms with E-state index in [0.717, 1.165) is 6.42 Å². The molecule has 1 aliphatic heterocycles. The normalized spacial score (nSPS) is 47.9. The highest BCUT2D eigenvalue weighted by Gasteiger charge is 2.71. The highest BCUT2D eigenvalue weighted by Crippen LogP contribution is 2.64. The number of fused-ring (bicyclic) bond motifs is 1. The van der Waals surface area contributed by atoms with Gasteiger partial charge in [0, 0.05) is 24.8 Å². The van der Waals surface area contributed by atoms with Crippen LogP contribution in [0.15, 0.2) is 12.7 Å². The molecule has 3 aliphatic rings. The molecule has 3 fully saturated rings. The summed E-state index contributed by atoms with van der Waals surface area (Å²) in [6, 6.07) is 0. The van der Waals surface area contributed by atoms with Crippen molar-refractivity contribution in [3.63, 3.8) is 0 Å². The van der Waals surface area contributed by atoms with Crippen molar-refractivity contribution in [3.05, 3.63) is 12.7 Å². The third kappa shape index (κ3) is 0.996. The lowest BCUT2D eigenvalue weighted by Gasteiger charge is -2.30. The topological polar surface area (TPSA) is 52.6 Å². The third-order valence-electron chi connectivity index (χ3n) is 4.33. The number of carbonyl (C=O) groups is 2. The zero-order chi connectivity index (χ0) is 11.6. The van der Waals surface area contributed by atoms with Crippen LogP contribution in [-0.4, -0.2) is 23.6 Å². The van der Waals surface area contributed by atoms with Gasteiger partial charge in [-0.25, -0.2) is 4.79 Å². The van der Waals surface area contributed by atoms with Gasteiger partial charge in [-0.05, 0) is 13.3 Å². The van der Waals surface area contributed by atoms with E-state index in [0.29, 0.717) is 12.8 Å². The van der Waals surface area contributed by atoms with Crippen molar-refractivity contribution >= 4 is 11.9 Å². The molecule has 2 bridgehead atoms. The van der Waals surface area contributed by atoms with Crippen LogP contribution in [-0.2, 0) is 19.1 Å². The minimum absolute atomic E-state index is 0.0520. The summed E-state index contributed by atoms with van der Waals surface area (Å²) >= 11 is 0. The van der Waals surface area contributed by atoms with Gasteiger partial charge in [0.25, 0.3) is 0 Å². The van der Waals surface area contributed by atoms with Gasteiger partial charge in [0.15, 0.2) is 0 Å². The molecule has 86 valence electrons. The second-order valence-electron chi connectivity index (χ2n) is 5.36. The molecular formula is C12H14O4. The second kappa shape index (κ2) is 2.67. The predicted octanol–water partition coefficient (Wildman–Crippen LogP) is 1.20. The Morgan fingerprint density at radius 2 is 2.38 bits per heavy atom. The van der Waals surface area contributed by atoms with E-state index in [-0.39, 0.29) is 18.0 Å². The lowest BCUT2D eigenvalue weighted by molar-refractivity contribution is -0.154. The Morgan fingerprint density at radius 3 is 2.94 bits per heavy atom. The molecule has 0 radical (unpaired) electrons. The van der Waals surface area contributed by atoms with Crippen molar-refractivity contribution in [3.8, 4) is 0 Å². The molecule has 0 aromatic heterocycles. The summed E-state index contributed by atoms with van der Waals surface area (Å²) in [6.45, 7) is 5.31. The second-order valence-corrected chi connectivity index (χ2v) is 5.36. The molecule has 4 heteroatoms. The summed E-state index contributed by atoms with van der Waals surface area (Å²) in [7, 11) is 0. The number of carbonyl (C=O) groups excluding carboxylic acids is 2. The monoisotopic (exact) mass is 222 g/mol. The van der Waals surface area contributed by atoms with Gasteiger partial charge in [-0.2, -0.15) is 0 Å². The zero-order valence-electron chi connectivity index (χ0n) is 9.19. The fourth-order valence-corrected chi connectivity index (χ4v) is 3.70. The summed E-state index contributed by atoms with van der Waals surface area (Å²) < 4.78 is 10.8. The quantitative estimate of drug-likeness (QED) is 0.520. The molecule has 1 heterocycles. The van der Waals surface area contributed by atoms with Crippen LogP contribution in [0.3, 0.4) is 0 Å². The number of esters is 2. The number of hydrogen-bond donors (Lipinski definition) is 0. The van der Waals surface area contributed by atoms with Gasteiger partial charge in [-0.3, -0.25) is 4.79 Å². The van der Waals surface area contributed by atoms with Crippen LogP contribution < -0.4 is 0 Å². The number of ether oxygens (including phenoxy) is 2. The first kappa shape index (κ1) is 9.87. The Morgan fingerprint density at radius 1 is 1.62 bits per heavy atom. The molecule has 0 aromatic rings.